The maximum Gasteiger partial charge on any atom is 0.410 e. The van der Waals surface area contributed by atoms with E-state index in [0.29, 0.717) is 44.5 Å². The molecule has 26 heteroatoms. The lowest BCUT2D eigenvalue weighted by Gasteiger charge is -2.32. The number of benzene rings is 12. The van der Waals surface area contributed by atoms with Gasteiger partial charge in [-0.1, -0.05) is 303 Å². The Bertz CT molecular complexity index is 5900. The summed E-state index contributed by atoms with van der Waals surface area (Å²) < 4.78 is 27.4. The van der Waals surface area contributed by atoms with Crippen LogP contribution in [0, 0.1) is 0 Å². The second kappa shape index (κ2) is 44.7. The number of nitrogens with zero attached hydrogens (tertiary/aromatic N) is 2. The Morgan fingerprint density at radius 2 is 0.519 bits per heavy atom. The Morgan fingerprint density at radius 3 is 0.763 bits per heavy atom. The highest BCUT2D eigenvalue weighted by Gasteiger charge is 2.40. The fraction of sp³-hybridized carbons (Fsp3) is 0.248. The largest absolute Gasteiger partial charge is 0.480 e. The van der Waals surface area contributed by atoms with Crippen LogP contribution >= 0.6 is 11.8 Å². The minimum Gasteiger partial charge on any atom is -0.480 e. The summed E-state index contributed by atoms with van der Waals surface area (Å²) in [5.41, 5.74) is 24.5. The SMILES string of the molecule is CSCC[C@H](NC(=O)OCC1c2ccccc2-c2ccccc21)C(=O)O.O=C(N[C@@H](Cc1ccccc1)C(=O)O)OCC1c2ccccc2-c2ccccc21.O=C(N[C@H](Cc1ccccc1)C(=O)O)OCC1c2ccccc2-c2ccccc21.O=C(O)[C@@H]1CCCN1C(=O)OCC1c2ccccc2-c2ccccc21.O=C(O)[C@H]1CCCCN1C(=O)OCC1c2ccccc2-c2ccccc21. The van der Waals surface area contributed by atoms with Crippen LogP contribution in [0.5, 0.6) is 0 Å². The van der Waals surface area contributed by atoms with Gasteiger partial charge in [0, 0.05) is 55.5 Å². The molecule has 0 unspecified atom stereocenters. The van der Waals surface area contributed by atoms with Crippen molar-refractivity contribution in [2.24, 2.45) is 0 Å². The van der Waals surface area contributed by atoms with Crippen molar-refractivity contribution in [2.75, 3.05) is 58.1 Å². The van der Waals surface area contributed by atoms with Gasteiger partial charge in [0.25, 0.3) is 0 Å². The number of ether oxygens (including phenoxy) is 5. The summed E-state index contributed by atoms with van der Waals surface area (Å²) in [4.78, 5) is 121. The van der Waals surface area contributed by atoms with Gasteiger partial charge in [-0.3, -0.25) is 9.80 Å². The fourth-order valence-electron chi connectivity index (χ4n) is 18.9. The van der Waals surface area contributed by atoms with Crippen LogP contribution in [0.3, 0.4) is 0 Å². The number of likely N-dealkylation sites (tertiary alicyclic amines) is 2. The minimum atomic E-state index is -1.10. The molecule has 12 aromatic rings. The first-order valence-electron chi connectivity index (χ1n) is 45.0. The zero-order valence-electron chi connectivity index (χ0n) is 74.1. The predicted octanol–water partition coefficient (Wildman–Crippen LogP) is 19.5. The smallest absolute Gasteiger partial charge is 0.410 e. The molecule has 2 fully saturated rings. The van der Waals surface area contributed by atoms with Crippen LogP contribution < -0.4 is 16.0 Å². The number of carbonyl (C=O) groups excluding carboxylic acids is 5. The molecule has 7 aliphatic rings. The zero-order valence-corrected chi connectivity index (χ0v) is 74.9. The first-order chi connectivity index (χ1) is 65.7. The van der Waals surface area contributed by atoms with Gasteiger partial charge in [-0.2, -0.15) is 11.8 Å². The van der Waals surface area contributed by atoms with Crippen LogP contribution in [0.2, 0.25) is 0 Å². The molecule has 0 spiro atoms. The maximum atomic E-state index is 12.5. The second-order valence-electron chi connectivity index (χ2n) is 33.6. The Morgan fingerprint density at radius 1 is 0.296 bits per heavy atom. The van der Waals surface area contributed by atoms with Crippen LogP contribution in [-0.2, 0) is 60.5 Å². The third-order valence-corrected chi connectivity index (χ3v) is 26.1. The average Bonchev–Trinajstić information content (AvgIpc) is 1.64. The van der Waals surface area contributed by atoms with Gasteiger partial charge in [-0.15, -0.1) is 0 Å². The van der Waals surface area contributed by atoms with E-state index in [2.05, 4.69) is 101 Å². The van der Waals surface area contributed by atoms with Crippen molar-refractivity contribution >= 4 is 72.1 Å². The van der Waals surface area contributed by atoms with Crippen LogP contribution in [0.25, 0.3) is 55.6 Å². The minimum absolute atomic E-state index is 0.0118. The third-order valence-electron chi connectivity index (χ3n) is 25.4. The molecular formula is C109H103N5O20S. The summed E-state index contributed by atoms with van der Waals surface area (Å²) in [7, 11) is 0. The zero-order chi connectivity index (χ0) is 94.4. The molecule has 0 saturated carbocycles. The number of hydrogen-bond acceptors (Lipinski definition) is 16. The maximum absolute atomic E-state index is 12.5. The average molecular weight is 1840 g/mol. The molecule has 8 N–H and O–H groups in total. The van der Waals surface area contributed by atoms with E-state index in [1.165, 1.54) is 43.8 Å². The van der Waals surface area contributed by atoms with Crippen molar-refractivity contribution in [2.45, 2.75) is 111 Å². The van der Waals surface area contributed by atoms with Crippen molar-refractivity contribution in [3.63, 3.8) is 0 Å². The van der Waals surface area contributed by atoms with Gasteiger partial charge >= 0.3 is 60.3 Å². The molecule has 135 heavy (non-hydrogen) atoms. The summed E-state index contributed by atoms with van der Waals surface area (Å²) >= 11 is 1.54. The van der Waals surface area contributed by atoms with Crippen LogP contribution in [-0.4, -0.2) is 184 Å². The molecule has 5 aliphatic carbocycles. The van der Waals surface area contributed by atoms with E-state index in [1.807, 2.05) is 225 Å². The number of carboxylic acids is 5. The van der Waals surface area contributed by atoms with E-state index in [4.69, 9.17) is 23.7 Å². The highest BCUT2D eigenvalue weighted by molar-refractivity contribution is 7.98. The third kappa shape index (κ3) is 22.4. The number of hydrogen-bond donors (Lipinski definition) is 8. The van der Waals surface area contributed by atoms with E-state index in [0.717, 1.165) is 113 Å². The summed E-state index contributed by atoms with van der Waals surface area (Å²) in [6, 6.07) is 94.8. The highest BCUT2D eigenvalue weighted by Crippen LogP contribution is 2.50. The van der Waals surface area contributed by atoms with Crippen molar-refractivity contribution in [1.29, 1.82) is 0 Å². The standard InChI is InChI=1S/2C24H21NO4.C21H21NO4.C20H21NO4S.C20H19NO4/c2*26-23(27)22(14-16-8-2-1-3-9-16)25-24(28)29-15-21-19-12-6-4-10-17(19)18-11-5-7-13-20(18)21;23-20(24)19-11-5-6-12-22(19)21(25)26-13-18-16-9-3-1-7-14(16)15-8-2-4-10-17(15)18;1-26-11-10-18(19(22)23)21-20(24)25-12-17-15-8-4-2-6-13(15)14-7-3-5-9-16(14)17;22-19(23)18-10-5-11-21(18)20(24)25-12-17-15-8-3-1-6-13(15)14-7-2-4-9-16(14)17/h2*1-13,21-22H,14-15H2,(H,25,28)(H,26,27);1-4,7-10,18-19H,5-6,11-13H2,(H,23,24);2-9,17-18H,10-12H2,1H3,(H,21,24)(H,22,23);1-4,6-9,17-18H,5,10-12H2,(H,22,23)/t2*22-;19-;2*18-/m10100/s1. The molecule has 690 valence electrons. The molecule has 0 aromatic heterocycles. The second-order valence-corrected chi connectivity index (χ2v) is 34.6. The normalized spacial score (nSPS) is 15.4. The lowest BCUT2D eigenvalue weighted by atomic mass is 9.98. The Hall–Kier alpha value is -15.3. The number of alkyl carbamates (subject to hydrolysis) is 3. The number of carbonyl (C=O) groups is 10. The lowest BCUT2D eigenvalue weighted by Crippen LogP contribution is -2.48. The number of amides is 5. The molecular weight excluding hydrogens is 1730 g/mol. The van der Waals surface area contributed by atoms with Crippen molar-refractivity contribution in [3.8, 4) is 55.6 Å². The molecule has 0 radical (unpaired) electrons. The van der Waals surface area contributed by atoms with E-state index in [9.17, 15) is 73.5 Å². The van der Waals surface area contributed by atoms with Crippen LogP contribution in [0.1, 0.15) is 135 Å². The Kier molecular flexibility index (Phi) is 31.3. The monoisotopic (exact) mass is 1830 g/mol. The first-order valence-corrected chi connectivity index (χ1v) is 46.4. The number of thioether (sulfide) groups is 1. The molecule has 25 nitrogen and oxygen atoms in total. The number of carboxylic acid groups (broad SMARTS) is 5. The molecule has 2 saturated heterocycles. The summed E-state index contributed by atoms with van der Waals surface area (Å²) in [5.74, 6) is -4.71. The number of fused-ring (bicyclic) bond motifs is 15. The summed E-state index contributed by atoms with van der Waals surface area (Å²) in [6.45, 7) is 1.79. The van der Waals surface area contributed by atoms with E-state index >= 15 is 0 Å². The van der Waals surface area contributed by atoms with Crippen molar-refractivity contribution in [1.82, 2.24) is 25.8 Å². The number of piperidine rings is 1. The Balaban J connectivity index is 0.000000129. The van der Waals surface area contributed by atoms with Gasteiger partial charge < -0.3 is 65.2 Å². The molecule has 2 heterocycles. The van der Waals surface area contributed by atoms with Crippen molar-refractivity contribution in [3.05, 3.63) is 370 Å². The predicted molar refractivity (Wildman–Crippen MR) is 512 cm³/mol. The number of nitrogens with one attached hydrogen (secondary N) is 3. The van der Waals surface area contributed by atoms with Gasteiger partial charge in [-0.25, -0.2) is 47.9 Å². The number of aliphatic carboxylic acids is 5. The molecule has 0 bridgehead atoms. The van der Waals surface area contributed by atoms with Gasteiger partial charge in [0.05, 0.1) is 0 Å². The van der Waals surface area contributed by atoms with Crippen LogP contribution in [0.15, 0.2) is 303 Å². The first kappa shape index (κ1) is 94.3. The quantitative estimate of drug-likeness (QED) is 0.0246. The lowest BCUT2D eigenvalue weighted by molar-refractivity contribution is -0.144. The highest BCUT2D eigenvalue weighted by atomic mass is 32.2. The van der Waals surface area contributed by atoms with Crippen LogP contribution in [0.4, 0.5) is 24.0 Å². The molecule has 5 atom stereocenters. The fourth-order valence-corrected chi connectivity index (χ4v) is 19.4. The van der Waals surface area contributed by atoms with Gasteiger partial charge in [-0.05, 0) is 173 Å². The summed E-state index contributed by atoms with van der Waals surface area (Å²) in [6.07, 6.45) is 2.74. The topological polar surface area (TPSA) is 361 Å². The van der Waals surface area contributed by atoms with Gasteiger partial charge in [0.1, 0.15) is 63.2 Å². The number of rotatable bonds is 25. The van der Waals surface area contributed by atoms with Gasteiger partial charge in [0.2, 0.25) is 0 Å². The summed E-state index contributed by atoms with van der Waals surface area (Å²) in [5, 5.41) is 54.1. The Labute approximate surface area is 785 Å². The molecule has 5 amide bonds. The van der Waals surface area contributed by atoms with E-state index in [-0.39, 0.29) is 75.5 Å². The van der Waals surface area contributed by atoms with Crippen molar-refractivity contribution < 1.29 is 97.2 Å². The van der Waals surface area contributed by atoms with E-state index < -0.39 is 90.5 Å². The molecule has 12 aromatic carbocycles. The van der Waals surface area contributed by atoms with E-state index in [1.54, 1.807) is 0 Å². The molecule has 19 rings (SSSR count). The molecule has 2 aliphatic heterocycles. The van der Waals surface area contributed by atoms with Gasteiger partial charge in [0.15, 0.2) is 0 Å².